The van der Waals surface area contributed by atoms with E-state index in [-0.39, 0.29) is 16.6 Å². The number of rotatable bonds is 6. The molecule has 1 rings (SSSR count). The van der Waals surface area contributed by atoms with Gasteiger partial charge in [0.2, 0.25) is 0 Å². The molecular weight excluding hydrogens is 264 g/mol. The summed E-state index contributed by atoms with van der Waals surface area (Å²) in [6.07, 6.45) is 1.69. The van der Waals surface area contributed by atoms with Gasteiger partial charge in [-0.3, -0.25) is 0 Å². The summed E-state index contributed by atoms with van der Waals surface area (Å²) in [6, 6.07) is 5.88. The Morgan fingerprint density at radius 2 is 1.68 bits per heavy atom. The number of methoxy groups -OCH3 is 1. The summed E-state index contributed by atoms with van der Waals surface area (Å²) >= 11 is 0. The van der Waals surface area contributed by atoms with E-state index < -0.39 is 15.8 Å². The molecule has 0 atom stereocenters. The van der Waals surface area contributed by atoms with Gasteiger partial charge in [-0.15, -0.1) is 0 Å². The largest absolute Gasteiger partial charge is 0.465 e. The van der Waals surface area contributed by atoms with Gasteiger partial charge in [-0.2, -0.15) is 0 Å². The molecule has 5 heteroatoms. The van der Waals surface area contributed by atoms with Gasteiger partial charge in [0.25, 0.3) is 0 Å². The molecule has 0 N–H and O–H groups in total. The summed E-state index contributed by atoms with van der Waals surface area (Å²) in [5.74, 6) is -0.147. The third-order valence-electron chi connectivity index (χ3n) is 3.24. The van der Waals surface area contributed by atoms with E-state index in [1.54, 1.807) is 0 Å². The van der Waals surface area contributed by atoms with Crippen molar-refractivity contribution in [2.75, 3.05) is 12.9 Å². The molecule has 0 saturated heterocycles. The molecule has 1 aromatic carbocycles. The molecule has 0 amide bonds. The first-order valence-electron chi connectivity index (χ1n) is 6.35. The van der Waals surface area contributed by atoms with Crippen LogP contribution in [0.3, 0.4) is 0 Å². The maximum absolute atomic E-state index is 12.2. The van der Waals surface area contributed by atoms with Gasteiger partial charge in [0.05, 0.1) is 23.3 Å². The van der Waals surface area contributed by atoms with Crippen molar-refractivity contribution in [3.63, 3.8) is 0 Å². The molecule has 4 nitrogen and oxygen atoms in total. The molecular formula is C14H20O4S. The van der Waals surface area contributed by atoms with Gasteiger partial charge in [0, 0.05) is 0 Å². The van der Waals surface area contributed by atoms with Crippen LogP contribution in [0.2, 0.25) is 0 Å². The summed E-state index contributed by atoms with van der Waals surface area (Å²) < 4.78 is 29.0. The highest BCUT2D eigenvalue weighted by Gasteiger charge is 2.19. The first-order chi connectivity index (χ1) is 8.94. The van der Waals surface area contributed by atoms with Crippen LogP contribution in [0.25, 0.3) is 0 Å². The SMILES string of the molecule is CCC(CC)CS(=O)(=O)c1ccc(C(=O)OC)cc1. The Hall–Kier alpha value is -1.36. The van der Waals surface area contributed by atoms with Crippen LogP contribution in [-0.2, 0) is 14.6 Å². The number of hydrogen-bond donors (Lipinski definition) is 0. The second-order valence-electron chi connectivity index (χ2n) is 4.48. The molecule has 106 valence electrons. The second kappa shape index (κ2) is 6.70. The van der Waals surface area contributed by atoms with Crippen molar-refractivity contribution in [3.8, 4) is 0 Å². The maximum Gasteiger partial charge on any atom is 0.337 e. The fourth-order valence-electron chi connectivity index (χ4n) is 1.85. The molecule has 1 aromatic rings. The minimum absolute atomic E-state index is 0.150. The first-order valence-corrected chi connectivity index (χ1v) is 8.01. The maximum atomic E-state index is 12.2. The van der Waals surface area contributed by atoms with E-state index in [1.165, 1.54) is 31.4 Å². The van der Waals surface area contributed by atoms with Gasteiger partial charge < -0.3 is 4.74 Å². The summed E-state index contributed by atoms with van der Waals surface area (Å²) in [7, 11) is -1.99. The predicted octanol–water partition coefficient (Wildman–Crippen LogP) is 2.68. The molecule has 0 aromatic heterocycles. The lowest BCUT2D eigenvalue weighted by Gasteiger charge is -2.12. The smallest absolute Gasteiger partial charge is 0.337 e. The minimum atomic E-state index is -3.29. The Bertz CT molecular complexity index is 513. The average molecular weight is 284 g/mol. The van der Waals surface area contributed by atoms with Gasteiger partial charge in [0.1, 0.15) is 0 Å². The molecule has 0 heterocycles. The van der Waals surface area contributed by atoms with E-state index in [2.05, 4.69) is 4.74 Å². The lowest BCUT2D eigenvalue weighted by molar-refractivity contribution is 0.0600. The molecule has 0 radical (unpaired) electrons. The second-order valence-corrected chi connectivity index (χ2v) is 6.51. The Labute approximate surface area is 114 Å². The molecule has 19 heavy (non-hydrogen) atoms. The molecule has 0 fully saturated rings. The van der Waals surface area contributed by atoms with Crippen LogP contribution in [0.1, 0.15) is 37.0 Å². The summed E-state index contributed by atoms with van der Waals surface area (Å²) in [5.41, 5.74) is 0.351. The van der Waals surface area contributed by atoms with Crippen LogP contribution in [0, 0.1) is 5.92 Å². The predicted molar refractivity (Wildman–Crippen MR) is 73.9 cm³/mol. The van der Waals surface area contributed by atoms with Gasteiger partial charge in [-0.1, -0.05) is 26.7 Å². The van der Waals surface area contributed by atoms with Gasteiger partial charge >= 0.3 is 5.97 Å². The van der Waals surface area contributed by atoms with Crippen molar-refractivity contribution in [1.82, 2.24) is 0 Å². The van der Waals surface area contributed by atoms with Crippen molar-refractivity contribution < 1.29 is 17.9 Å². The number of ether oxygens (including phenoxy) is 1. The first kappa shape index (κ1) is 15.7. The molecule has 0 spiro atoms. The number of sulfone groups is 1. The molecule has 0 unspecified atom stereocenters. The van der Waals surface area contributed by atoms with Crippen molar-refractivity contribution in [2.24, 2.45) is 5.92 Å². The standard InChI is InChI=1S/C14H20O4S/c1-4-11(5-2)10-19(16,17)13-8-6-12(7-9-13)14(15)18-3/h6-9,11H,4-5,10H2,1-3H3. The number of benzene rings is 1. The third-order valence-corrected chi connectivity index (χ3v) is 5.14. The van der Waals surface area contributed by atoms with Crippen LogP contribution in [0.5, 0.6) is 0 Å². The van der Waals surface area contributed by atoms with E-state index in [1.807, 2.05) is 13.8 Å². The fraction of sp³-hybridized carbons (Fsp3) is 0.500. The van der Waals surface area contributed by atoms with Crippen LogP contribution in [0.4, 0.5) is 0 Å². The van der Waals surface area contributed by atoms with Crippen molar-refractivity contribution in [1.29, 1.82) is 0 Å². The zero-order valence-corrected chi connectivity index (χ0v) is 12.4. The van der Waals surface area contributed by atoms with Crippen LogP contribution in [-0.4, -0.2) is 27.2 Å². The highest BCUT2D eigenvalue weighted by molar-refractivity contribution is 7.91. The van der Waals surface area contributed by atoms with Gasteiger partial charge in [-0.05, 0) is 30.2 Å². The molecule has 0 bridgehead atoms. The van der Waals surface area contributed by atoms with Crippen LogP contribution < -0.4 is 0 Å². The monoisotopic (exact) mass is 284 g/mol. The Morgan fingerprint density at radius 3 is 2.11 bits per heavy atom. The number of carbonyl (C=O) groups excluding carboxylic acids is 1. The number of esters is 1. The van der Waals surface area contributed by atoms with Crippen LogP contribution >= 0.6 is 0 Å². The Balaban J connectivity index is 2.93. The molecule has 0 aliphatic rings. The van der Waals surface area contributed by atoms with Crippen molar-refractivity contribution in [3.05, 3.63) is 29.8 Å². The van der Waals surface area contributed by atoms with Crippen LogP contribution in [0.15, 0.2) is 29.2 Å². The van der Waals surface area contributed by atoms with E-state index in [0.29, 0.717) is 5.56 Å². The Kier molecular flexibility index (Phi) is 5.54. The van der Waals surface area contributed by atoms with Crippen molar-refractivity contribution >= 4 is 15.8 Å². The Morgan fingerprint density at radius 1 is 1.16 bits per heavy atom. The molecule has 0 saturated carbocycles. The highest BCUT2D eigenvalue weighted by atomic mass is 32.2. The molecule has 0 aliphatic heterocycles. The van der Waals surface area contributed by atoms with Gasteiger partial charge in [0.15, 0.2) is 9.84 Å². The van der Waals surface area contributed by atoms with Crippen molar-refractivity contribution in [2.45, 2.75) is 31.6 Å². The summed E-state index contributed by atoms with van der Waals surface area (Å²) in [4.78, 5) is 11.5. The minimum Gasteiger partial charge on any atom is -0.465 e. The molecule has 0 aliphatic carbocycles. The summed E-state index contributed by atoms with van der Waals surface area (Å²) in [5, 5.41) is 0. The fourth-order valence-corrected chi connectivity index (χ4v) is 3.68. The quantitative estimate of drug-likeness (QED) is 0.754. The number of carbonyl (C=O) groups is 1. The summed E-state index contributed by atoms with van der Waals surface area (Å²) in [6.45, 7) is 3.98. The lowest BCUT2D eigenvalue weighted by atomic mass is 10.1. The number of hydrogen-bond acceptors (Lipinski definition) is 4. The zero-order chi connectivity index (χ0) is 14.5. The van der Waals surface area contributed by atoms with Gasteiger partial charge in [-0.25, -0.2) is 13.2 Å². The lowest BCUT2D eigenvalue weighted by Crippen LogP contribution is -2.15. The third kappa shape index (κ3) is 4.06. The topological polar surface area (TPSA) is 60.4 Å². The van der Waals surface area contributed by atoms with E-state index in [9.17, 15) is 13.2 Å². The highest BCUT2D eigenvalue weighted by Crippen LogP contribution is 2.19. The normalized spacial score (nSPS) is 11.6. The zero-order valence-electron chi connectivity index (χ0n) is 11.5. The van der Waals surface area contributed by atoms with E-state index >= 15 is 0 Å². The van der Waals surface area contributed by atoms with E-state index in [0.717, 1.165) is 12.8 Å². The average Bonchev–Trinajstić information content (AvgIpc) is 2.44. The van der Waals surface area contributed by atoms with E-state index in [4.69, 9.17) is 0 Å².